The number of phenols is 1. The molecular formula is C18H16FN3O3. The lowest BCUT2D eigenvalue weighted by Gasteiger charge is -2.16. The van der Waals surface area contributed by atoms with Crippen molar-refractivity contribution in [3.05, 3.63) is 59.9 Å². The van der Waals surface area contributed by atoms with Crippen LogP contribution in [0.25, 0.3) is 0 Å². The molecule has 0 unspecified atom stereocenters. The summed E-state index contributed by atoms with van der Waals surface area (Å²) in [5.41, 5.74) is 3.41. The second-order valence-corrected chi connectivity index (χ2v) is 5.67. The molecule has 1 aliphatic rings. The van der Waals surface area contributed by atoms with Gasteiger partial charge in [0.2, 0.25) is 11.8 Å². The Labute approximate surface area is 143 Å². The van der Waals surface area contributed by atoms with E-state index >= 15 is 0 Å². The van der Waals surface area contributed by atoms with Gasteiger partial charge in [0, 0.05) is 24.2 Å². The van der Waals surface area contributed by atoms with Gasteiger partial charge < -0.3 is 10.0 Å². The number of nitrogens with zero attached hydrogens (tertiary/aromatic N) is 2. The van der Waals surface area contributed by atoms with Gasteiger partial charge in [-0.2, -0.15) is 5.10 Å². The Morgan fingerprint density at radius 2 is 1.96 bits per heavy atom. The second-order valence-electron chi connectivity index (χ2n) is 5.67. The molecule has 1 saturated heterocycles. The zero-order valence-corrected chi connectivity index (χ0v) is 13.2. The Balaban J connectivity index is 1.61. The summed E-state index contributed by atoms with van der Waals surface area (Å²) >= 11 is 0. The molecule has 1 fully saturated rings. The number of nitrogens with one attached hydrogen (secondary N) is 1. The molecule has 0 aliphatic carbocycles. The van der Waals surface area contributed by atoms with E-state index in [0.717, 1.165) is 0 Å². The number of halogens is 1. The van der Waals surface area contributed by atoms with E-state index in [1.54, 1.807) is 18.2 Å². The molecule has 128 valence electrons. The highest BCUT2D eigenvalue weighted by Gasteiger charge is 2.35. The maximum Gasteiger partial charge on any atom is 0.245 e. The van der Waals surface area contributed by atoms with Gasteiger partial charge >= 0.3 is 0 Å². The van der Waals surface area contributed by atoms with Crippen LogP contribution in [0, 0.1) is 11.7 Å². The molecule has 0 radical (unpaired) electrons. The first kappa shape index (κ1) is 16.6. The van der Waals surface area contributed by atoms with Crippen molar-refractivity contribution in [1.29, 1.82) is 0 Å². The summed E-state index contributed by atoms with van der Waals surface area (Å²) in [6.07, 6.45) is 1.40. The van der Waals surface area contributed by atoms with Crippen LogP contribution in [0.1, 0.15) is 12.0 Å². The van der Waals surface area contributed by atoms with Crippen LogP contribution >= 0.6 is 0 Å². The van der Waals surface area contributed by atoms with Crippen LogP contribution < -0.4 is 10.3 Å². The number of carbonyl (C=O) groups excluding carboxylic acids is 2. The van der Waals surface area contributed by atoms with Crippen molar-refractivity contribution in [3.63, 3.8) is 0 Å². The number of anilines is 1. The molecule has 1 heterocycles. The zero-order valence-electron chi connectivity index (χ0n) is 13.2. The van der Waals surface area contributed by atoms with Gasteiger partial charge in [0.05, 0.1) is 12.1 Å². The Hall–Kier alpha value is -3.22. The Kier molecular flexibility index (Phi) is 4.74. The number of aromatic hydroxyl groups is 1. The molecule has 0 spiro atoms. The molecule has 25 heavy (non-hydrogen) atoms. The summed E-state index contributed by atoms with van der Waals surface area (Å²) in [7, 11) is 0. The monoisotopic (exact) mass is 341 g/mol. The fourth-order valence-corrected chi connectivity index (χ4v) is 2.61. The molecule has 2 N–H and O–H groups in total. The maximum atomic E-state index is 13.0. The summed E-state index contributed by atoms with van der Waals surface area (Å²) in [6, 6.07) is 12.1. The summed E-state index contributed by atoms with van der Waals surface area (Å²) in [6.45, 7) is 0.211. The number of rotatable bonds is 4. The zero-order chi connectivity index (χ0) is 17.8. The topological polar surface area (TPSA) is 82.0 Å². The average molecular weight is 341 g/mol. The number of hydrazone groups is 1. The Morgan fingerprint density at radius 3 is 2.68 bits per heavy atom. The summed E-state index contributed by atoms with van der Waals surface area (Å²) in [5, 5.41) is 13.4. The van der Waals surface area contributed by atoms with Crippen LogP contribution in [0.2, 0.25) is 0 Å². The summed E-state index contributed by atoms with van der Waals surface area (Å²) in [4.78, 5) is 25.7. The average Bonchev–Trinajstić information content (AvgIpc) is 2.99. The Morgan fingerprint density at radius 1 is 1.24 bits per heavy atom. The van der Waals surface area contributed by atoms with Crippen LogP contribution in [-0.2, 0) is 9.59 Å². The largest absolute Gasteiger partial charge is 0.507 e. The second kappa shape index (κ2) is 7.12. The van der Waals surface area contributed by atoms with Gasteiger partial charge in [0.15, 0.2) is 0 Å². The number of carbonyl (C=O) groups is 2. The highest BCUT2D eigenvalue weighted by molar-refractivity contribution is 6.00. The smallest absolute Gasteiger partial charge is 0.245 e. The summed E-state index contributed by atoms with van der Waals surface area (Å²) in [5.74, 6) is -1.46. The van der Waals surface area contributed by atoms with E-state index in [0.29, 0.717) is 11.3 Å². The number of benzene rings is 2. The number of para-hydroxylation sites is 1. The van der Waals surface area contributed by atoms with Gasteiger partial charge in [-0.05, 0) is 36.4 Å². The van der Waals surface area contributed by atoms with Crippen molar-refractivity contribution in [1.82, 2.24) is 5.43 Å². The van der Waals surface area contributed by atoms with Crippen LogP contribution in [0.5, 0.6) is 5.75 Å². The SMILES string of the molecule is O=C(N/N=C/c1ccccc1O)[C@H]1CC(=O)N(c2ccc(F)cc2)C1. The molecule has 2 aromatic carbocycles. The quantitative estimate of drug-likeness (QED) is 0.659. The van der Waals surface area contributed by atoms with E-state index in [1.165, 1.54) is 41.4 Å². The lowest BCUT2D eigenvalue weighted by atomic mass is 10.1. The van der Waals surface area contributed by atoms with Crippen LogP contribution in [0.15, 0.2) is 53.6 Å². The minimum Gasteiger partial charge on any atom is -0.507 e. The molecule has 6 nitrogen and oxygen atoms in total. The third-order valence-corrected chi connectivity index (χ3v) is 3.95. The molecule has 3 rings (SSSR count). The molecule has 1 aliphatic heterocycles. The number of hydrogen-bond acceptors (Lipinski definition) is 4. The number of phenolic OH excluding ortho intramolecular Hbond substituents is 1. The standard InChI is InChI=1S/C18H16FN3O3/c19-14-5-7-15(8-6-14)22-11-13(9-17(22)24)18(25)21-20-10-12-3-1-2-4-16(12)23/h1-8,10,13,23H,9,11H2,(H,21,25)/b20-10+/t13-/m0/s1. The first-order valence-electron chi connectivity index (χ1n) is 7.71. The van der Waals surface area contributed by atoms with E-state index < -0.39 is 5.92 Å². The molecule has 0 saturated carbocycles. The molecule has 0 aromatic heterocycles. The molecular weight excluding hydrogens is 325 g/mol. The first-order valence-corrected chi connectivity index (χ1v) is 7.71. The highest BCUT2D eigenvalue weighted by Crippen LogP contribution is 2.25. The van der Waals surface area contributed by atoms with E-state index in [1.807, 2.05) is 0 Å². The van der Waals surface area contributed by atoms with Crippen molar-refractivity contribution in [2.45, 2.75) is 6.42 Å². The van der Waals surface area contributed by atoms with Crippen molar-refractivity contribution in [2.24, 2.45) is 11.0 Å². The normalized spacial score (nSPS) is 17.2. The minimum atomic E-state index is -0.543. The van der Waals surface area contributed by atoms with Gasteiger partial charge in [-0.25, -0.2) is 9.82 Å². The lowest BCUT2D eigenvalue weighted by molar-refractivity contribution is -0.126. The highest BCUT2D eigenvalue weighted by atomic mass is 19.1. The molecule has 0 bridgehead atoms. The van der Waals surface area contributed by atoms with Crippen molar-refractivity contribution >= 4 is 23.7 Å². The van der Waals surface area contributed by atoms with E-state index in [2.05, 4.69) is 10.5 Å². The fraction of sp³-hybridized carbons (Fsp3) is 0.167. The van der Waals surface area contributed by atoms with Crippen molar-refractivity contribution in [2.75, 3.05) is 11.4 Å². The van der Waals surface area contributed by atoms with E-state index in [9.17, 15) is 19.1 Å². The third-order valence-electron chi connectivity index (χ3n) is 3.95. The minimum absolute atomic E-state index is 0.0547. The fourth-order valence-electron chi connectivity index (χ4n) is 2.61. The molecule has 7 heteroatoms. The molecule has 2 aromatic rings. The lowest BCUT2D eigenvalue weighted by Crippen LogP contribution is -2.30. The van der Waals surface area contributed by atoms with Crippen molar-refractivity contribution in [3.8, 4) is 5.75 Å². The van der Waals surface area contributed by atoms with E-state index in [-0.39, 0.29) is 36.3 Å². The number of hydrogen-bond donors (Lipinski definition) is 2. The Bertz CT molecular complexity index is 821. The molecule has 2 amide bonds. The van der Waals surface area contributed by atoms with Crippen LogP contribution in [0.3, 0.4) is 0 Å². The maximum absolute atomic E-state index is 13.0. The van der Waals surface area contributed by atoms with E-state index in [4.69, 9.17) is 0 Å². The van der Waals surface area contributed by atoms with Crippen LogP contribution in [-0.4, -0.2) is 29.7 Å². The summed E-state index contributed by atoms with van der Waals surface area (Å²) < 4.78 is 13.0. The van der Waals surface area contributed by atoms with Gasteiger partial charge in [-0.3, -0.25) is 9.59 Å². The van der Waals surface area contributed by atoms with Gasteiger partial charge in [-0.1, -0.05) is 12.1 Å². The van der Waals surface area contributed by atoms with Gasteiger partial charge in [0.25, 0.3) is 0 Å². The molecule has 1 atom stereocenters. The predicted molar refractivity (Wildman–Crippen MR) is 90.7 cm³/mol. The van der Waals surface area contributed by atoms with Gasteiger partial charge in [-0.15, -0.1) is 0 Å². The number of amides is 2. The first-order chi connectivity index (χ1) is 12.0. The third kappa shape index (κ3) is 3.82. The van der Waals surface area contributed by atoms with Crippen LogP contribution in [0.4, 0.5) is 10.1 Å². The predicted octanol–water partition coefficient (Wildman–Crippen LogP) is 2.03. The van der Waals surface area contributed by atoms with Gasteiger partial charge in [0.1, 0.15) is 11.6 Å². The van der Waals surface area contributed by atoms with Crippen molar-refractivity contribution < 1.29 is 19.1 Å².